The summed E-state index contributed by atoms with van der Waals surface area (Å²) < 4.78 is 68.5. The van der Waals surface area contributed by atoms with E-state index in [1.807, 2.05) is 0 Å². The van der Waals surface area contributed by atoms with Crippen LogP contribution in [0.2, 0.25) is 0 Å². The molecule has 564 valence electrons. The van der Waals surface area contributed by atoms with Crippen LogP contribution in [0.3, 0.4) is 0 Å². The molecule has 0 rings (SSSR count). The van der Waals surface area contributed by atoms with Gasteiger partial charge in [0, 0.05) is 25.7 Å². The molecule has 0 bridgehead atoms. The molecule has 0 aromatic rings. The first-order valence-electron chi connectivity index (χ1n) is 39.5. The molecule has 0 radical (unpaired) electrons. The van der Waals surface area contributed by atoms with Crippen molar-refractivity contribution in [3.63, 3.8) is 0 Å². The summed E-state index contributed by atoms with van der Waals surface area (Å²) in [5.74, 6) is -0.718. The second kappa shape index (κ2) is 67.9. The van der Waals surface area contributed by atoms with Gasteiger partial charge in [-0.3, -0.25) is 37.3 Å². The highest BCUT2D eigenvalue weighted by Gasteiger charge is 2.30. The fraction of sp³-hybridized carbons (Fsp3) is 0.947. The maximum Gasteiger partial charge on any atom is 0.472 e. The number of hydrogen-bond donors (Lipinski definition) is 3. The molecule has 0 aliphatic heterocycles. The minimum Gasteiger partial charge on any atom is -0.462 e. The molecule has 3 N–H and O–H groups in total. The van der Waals surface area contributed by atoms with Crippen molar-refractivity contribution in [2.45, 2.75) is 413 Å². The van der Waals surface area contributed by atoms with Gasteiger partial charge in [0.2, 0.25) is 0 Å². The van der Waals surface area contributed by atoms with Gasteiger partial charge in [0.1, 0.15) is 19.3 Å². The molecular weight excluding hydrogens is 1250 g/mol. The van der Waals surface area contributed by atoms with Gasteiger partial charge in [0.05, 0.1) is 26.4 Å². The Kier molecular flexibility index (Phi) is 66.5. The summed E-state index contributed by atoms with van der Waals surface area (Å²) in [6.07, 6.45) is 55.8. The van der Waals surface area contributed by atoms with Crippen LogP contribution in [0.1, 0.15) is 395 Å². The van der Waals surface area contributed by atoms with Crippen molar-refractivity contribution in [3.8, 4) is 0 Å². The first kappa shape index (κ1) is 93.1. The molecule has 5 atom stereocenters. The SMILES string of the molecule is CCCCCCCCCCCCCCCCCCCCCC(=O)O[C@H](COC(=O)CCCCCCCCCCCCCCCCCC)COP(=O)(O)OC[C@@H](O)COP(=O)(O)OC[C@@H](COC(=O)CCCCCCCCCC(C)C)OC(=O)CCCCCCCCCC(C)C. The number of hydrogen-bond acceptors (Lipinski definition) is 15. The van der Waals surface area contributed by atoms with E-state index in [0.29, 0.717) is 37.5 Å². The Labute approximate surface area is 581 Å². The summed E-state index contributed by atoms with van der Waals surface area (Å²) in [5.41, 5.74) is 0. The quantitative estimate of drug-likeness (QED) is 0.0222. The number of aliphatic hydroxyl groups is 1. The van der Waals surface area contributed by atoms with Crippen molar-refractivity contribution in [3.05, 3.63) is 0 Å². The highest BCUT2D eigenvalue weighted by atomic mass is 31.2. The number of rotatable bonds is 75. The summed E-state index contributed by atoms with van der Waals surface area (Å²) >= 11 is 0. The molecule has 0 fully saturated rings. The zero-order valence-electron chi connectivity index (χ0n) is 62.0. The van der Waals surface area contributed by atoms with Crippen LogP contribution >= 0.6 is 15.6 Å². The Morgan fingerprint density at radius 3 is 0.716 bits per heavy atom. The van der Waals surface area contributed by atoms with Gasteiger partial charge in [-0.2, -0.15) is 0 Å². The lowest BCUT2D eigenvalue weighted by Crippen LogP contribution is -2.30. The third-order valence-corrected chi connectivity index (χ3v) is 19.6. The number of ether oxygens (including phenoxy) is 4. The van der Waals surface area contributed by atoms with E-state index in [9.17, 15) is 43.2 Å². The van der Waals surface area contributed by atoms with E-state index in [0.717, 1.165) is 96.3 Å². The van der Waals surface area contributed by atoms with E-state index in [1.54, 1.807) is 0 Å². The van der Waals surface area contributed by atoms with E-state index in [2.05, 4.69) is 41.5 Å². The van der Waals surface area contributed by atoms with Crippen LogP contribution in [0.15, 0.2) is 0 Å². The lowest BCUT2D eigenvalue weighted by atomic mass is 10.0. The number of carbonyl (C=O) groups is 4. The van der Waals surface area contributed by atoms with Crippen molar-refractivity contribution in [1.29, 1.82) is 0 Å². The van der Waals surface area contributed by atoms with Crippen LogP contribution < -0.4 is 0 Å². The molecular formula is C76H148O17P2. The lowest BCUT2D eigenvalue weighted by molar-refractivity contribution is -0.161. The third kappa shape index (κ3) is 70.3. The van der Waals surface area contributed by atoms with Gasteiger partial charge >= 0.3 is 39.5 Å². The number of carbonyl (C=O) groups excluding carboxylic acids is 4. The normalized spacial score (nSPS) is 14.0. The number of phosphoric acid groups is 2. The van der Waals surface area contributed by atoms with Crippen LogP contribution in [0.4, 0.5) is 0 Å². The zero-order valence-corrected chi connectivity index (χ0v) is 63.8. The Balaban J connectivity index is 5.21. The Morgan fingerprint density at radius 2 is 0.484 bits per heavy atom. The van der Waals surface area contributed by atoms with Crippen LogP contribution in [0.5, 0.6) is 0 Å². The van der Waals surface area contributed by atoms with Crippen molar-refractivity contribution >= 4 is 39.5 Å². The molecule has 0 amide bonds. The molecule has 95 heavy (non-hydrogen) atoms. The van der Waals surface area contributed by atoms with Gasteiger partial charge in [-0.1, -0.05) is 343 Å². The first-order chi connectivity index (χ1) is 45.9. The van der Waals surface area contributed by atoms with Crippen molar-refractivity contribution in [2.75, 3.05) is 39.6 Å². The highest BCUT2D eigenvalue weighted by Crippen LogP contribution is 2.45. The summed E-state index contributed by atoms with van der Waals surface area (Å²) in [5, 5.41) is 10.6. The number of phosphoric ester groups is 2. The summed E-state index contributed by atoms with van der Waals surface area (Å²) in [6, 6.07) is 0. The molecule has 0 heterocycles. The van der Waals surface area contributed by atoms with Crippen LogP contribution in [-0.2, 0) is 65.4 Å². The summed E-state index contributed by atoms with van der Waals surface area (Å²) in [7, 11) is -9.91. The van der Waals surface area contributed by atoms with Crippen molar-refractivity contribution in [1.82, 2.24) is 0 Å². The minimum atomic E-state index is -4.96. The van der Waals surface area contributed by atoms with Gasteiger partial charge in [0.25, 0.3) is 0 Å². The largest absolute Gasteiger partial charge is 0.472 e. The van der Waals surface area contributed by atoms with E-state index in [1.165, 1.54) is 205 Å². The number of aliphatic hydroxyl groups excluding tert-OH is 1. The molecule has 0 aliphatic carbocycles. The molecule has 0 aromatic carbocycles. The van der Waals surface area contributed by atoms with Gasteiger partial charge in [-0.15, -0.1) is 0 Å². The number of esters is 4. The Bertz CT molecular complexity index is 1840. The molecule has 0 aliphatic rings. The third-order valence-electron chi connectivity index (χ3n) is 17.7. The summed E-state index contributed by atoms with van der Waals surface area (Å²) in [4.78, 5) is 72.7. The van der Waals surface area contributed by atoms with Crippen LogP contribution in [-0.4, -0.2) is 96.7 Å². The standard InChI is InChI=1S/C76H148O17P2/c1-7-9-11-13-15-17-19-21-23-25-26-27-29-31-33-35-41-48-54-60-75(80)92-71(64-86-73(78)58-52-46-40-34-32-30-28-24-22-20-18-16-14-12-10-8-2)66-90-94(82,83)88-62-70(77)63-89-95(84,85)91-67-72(93-76(81)61-55-49-43-37-39-45-51-57-69(5)6)65-87-74(79)59-53-47-42-36-38-44-50-56-68(3)4/h68-72,77H,7-67H2,1-6H3,(H,82,83)(H,84,85)/t70-,71-,72-/m1/s1. The predicted molar refractivity (Wildman–Crippen MR) is 386 cm³/mol. The molecule has 0 aromatic heterocycles. The average molecular weight is 1400 g/mol. The second-order valence-corrected chi connectivity index (χ2v) is 31.3. The van der Waals surface area contributed by atoms with Gasteiger partial charge in [-0.25, -0.2) is 9.13 Å². The fourth-order valence-corrected chi connectivity index (χ4v) is 13.2. The van der Waals surface area contributed by atoms with Crippen LogP contribution in [0, 0.1) is 11.8 Å². The molecule has 0 spiro atoms. The fourth-order valence-electron chi connectivity index (χ4n) is 11.7. The first-order valence-corrected chi connectivity index (χ1v) is 42.5. The smallest absolute Gasteiger partial charge is 0.462 e. The topological polar surface area (TPSA) is 237 Å². The van der Waals surface area contributed by atoms with Crippen LogP contribution in [0.25, 0.3) is 0 Å². The Morgan fingerprint density at radius 1 is 0.284 bits per heavy atom. The zero-order chi connectivity index (χ0) is 70.0. The maximum atomic E-state index is 13.1. The van der Waals surface area contributed by atoms with E-state index >= 15 is 0 Å². The lowest BCUT2D eigenvalue weighted by Gasteiger charge is -2.21. The van der Waals surface area contributed by atoms with Crippen molar-refractivity contribution in [2.24, 2.45) is 11.8 Å². The van der Waals surface area contributed by atoms with E-state index < -0.39 is 97.5 Å². The van der Waals surface area contributed by atoms with Gasteiger partial charge < -0.3 is 33.8 Å². The molecule has 2 unspecified atom stereocenters. The second-order valence-electron chi connectivity index (χ2n) is 28.3. The van der Waals surface area contributed by atoms with E-state index in [-0.39, 0.29) is 25.7 Å². The molecule has 19 heteroatoms. The van der Waals surface area contributed by atoms with Crippen molar-refractivity contribution < 1.29 is 80.2 Å². The Hall–Kier alpha value is -1.94. The van der Waals surface area contributed by atoms with Gasteiger partial charge in [-0.05, 0) is 37.5 Å². The van der Waals surface area contributed by atoms with E-state index in [4.69, 9.17) is 37.0 Å². The molecule has 0 saturated heterocycles. The average Bonchev–Trinajstić information content (AvgIpc) is 2.06. The predicted octanol–water partition coefficient (Wildman–Crippen LogP) is 22.3. The molecule has 0 saturated carbocycles. The molecule has 17 nitrogen and oxygen atoms in total. The maximum absolute atomic E-state index is 13.1. The monoisotopic (exact) mass is 1400 g/mol. The minimum absolute atomic E-state index is 0.103. The summed E-state index contributed by atoms with van der Waals surface area (Å²) in [6.45, 7) is 9.47. The number of unbranched alkanes of at least 4 members (excludes halogenated alkanes) is 45. The van der Waals surface area contributed by atoms with Gasteiger partial charge in [0.15, 0.2) is 12.2 Å². The highest BCUT2D eigenvalue weighted by molar-refractivity contribution is 7.47.